The van der Waals surface area contributed by atoms with Crippen molar-refractivity contribution in [2.45, 2.75) is 38.1 Å². The lowest BCUT2D eigenvalue weighted by Crippen LogP contribution is -2.44. The molecule has 4 rings (SSSR count). The predicted octanol–water partition coefficient (Wildman–Crippen LogP) is 4.04. The number of benzene rings is 1. The van der Waals surface area contributed by atoms with E-state index in [1.807, 2.05) is 4.90 Å². The van der Waals surface area contributed by atoms with E-state index in [0.717, 1.165) is 39.0 Å². The van der Waals surface area contributed by atoms with Crippen LogP contribution in [0.2, 0.25) is 0 Å². The summed E-state index contributed by atoms with van der Waals surface area (Å²) in [5.74, 6) is -0.312. The number of rotatable bonds is 4. The summed E-state index contributed by atoms with van der Waals surface area (Å²) in [5, 5.41) is 2.33. The van der Waals surface area contributed by atoms with Gasteiger partial charge >= 0.3 is 0 Å². The molecule has 0 radical (unpaired) electrons. The molecular formula is C20H24FN3OS. The van der Waals surface area contributed by atoms with Crippen LogP contribution in [0.4, 0.5) is 4.39 Å². The summed E-state index contributed by atoms with van der Waals surface area (Å²) in [6.45, 7) is 4.05. The number of hydrogen-bond donors (Lipinski definition) is 0. The van der Waals surface area contributed by atoms with Gasteiger partial charge in [-0.1, -0.05) is 18.6 Å². The van der Waals surface area contributed by atoms with Gasteiger partial charge in [0.25, 0.3) is 5.91 Å². The van der Waals surface area contributed by atoms with Crippen LogP contribution in [-0.4, -0.2) is 52.9 Å². The van der Waals surface area contributed by atoms with Gasteiger partial charge in [0.15, 0.2) is 0 Å². The summed E-state index contributed by atoms with van der Waals surface area (Å²) in [7, 11) is 0. The number of amides is 1. The van der Waals surface area contributed by atoms with Crippen LogP contribution in [0.1, 0.15) is 42.6 Å². The summed E-state index contributed by atoms with van der Waals surface area (Å²) in [5.41, 5.74) is 0.904. The van der Waals surface area contributed by atoms with Crippen molar-refractivity contribution in [2.24, 2.45) is 0 Å². The number of hydrogen-bond acceptors (Lipinski definition) is 4. The molecule has 2 saturated heterocycles. The van der Waals surface area contributed by atoms with Crippen molar-refractivity contribution in [2.75, 3.05) is 26.2 Å². The first kappa shape index (κ1) is 17.6. The normalized spacial score (nSPS) is 21.3. The smallest absolute Gasteiger partial charge is 0.273 e. The molecule has 2 aliphatic rings. The molecule has 0 spiro atoms. The third-order valence-corrected chi connectivity index (χ3v) is 6.26. The van der Waals surface area contributed by atoms with Crippen molar-refractivity contribution in [3.63, 3.8) is 0 Å². The van der Waals surface area contributed by atoms with Gasteiger partial charge in [-0.15, -0.1) is 11.3 Å². The van der Waals surface area contributed by atoms with E-state index >= 15 is 0 Å². The van der Waals surface area contributed by atoms with Gasteiger partial charge in [-0.25, -0.2) is 9.37 Å². The van der Waals surface area contributed by atoms with Crippen LogP contribution in [-0.2, 0) is 0 Å². The van der Waals surface area contributed by atoms with E-state index in [9.17, 15) is 9.18 Å². The molecule has 26 heavy (non-hydrogen) atoms. The fourth-order valence-electron chi connectivity index (χ4n) is 4.01. The van der Waals surface area contributed by atoms with Crippen LogP contribution in [0.15, 0.2) is 29.6 Å². The van der Waals surface area contributed by atoms with E-state index in [1.165, 1.54) is 36.7 Å². The topological polar surface area (TPSA) is 36.4 Å². The Morgan fingerprint density at radius 3 is 2.77 bits per heavy atom. The average Bonchev–Trinajstić information content (AvgIpc) is 3.32. The predicted molar refractivity (Wildman–Crippen MR) is 102 cm³/mol. The molecule has 1 unspecified atom stereocenters. The molecule has 0 saturated carbocycles. The van der Waals surface area contributed by atoms with Crippen molar-refractivity contribution in [3.05, 3.63) is 41.2 Å². The van der Waals surface area contributed by atoms with Gasteiger partial charge in [0.1, 0.15) is 16.5 Å². The first-order valence-corrected chi connectivity index (χ1v) is 10.3. The highest BCUT2D eigenvalue weighted by molar-refractivity contribution is 7.13. The summed E-state index contributed by atoms with van der Waals surface area (Å²) in [4.78, 5) is 21.9. The zero-order valence-corrected chi connectivity index (χ0v) is 15.7. The molecule has 1 aromatic heterocycles. The number of carbonyl (C=O) groups is 1. The number of aromatic nitrogens is 1. The molecular weight excluding hydrogens is 349 g/mol. The third kappa shape index (κ3) is 3.67. The van der Waals surface area contributed by atoms with E-state index < -0.39 is 0 Å². The molecule has 2 fully saturated rings. The number of thiazole rings is 1. The van der Waals surface area contributed by atoms with Gasteiger partial charge in [0.05, 0.1) is 0 Å². The van der Waals surface area contributed by atoms with E-state index in [0.29, 0.717) is 16.3 Å². The van der Waals surface area contributed by atoms with E-state index in [-0.39, 0.29) is 17.8 Å². The van der Waals surface area contributed by atoms with Crippen molar-refractivity contribution in [3.8, 4) is 10.6 Å². The SMILES string of the molecule is O=C(c1csc(-c2ccccc2F)n1)N1CCCC1CN1CCCCC1. The van der Waals surface area contributed by atoms with Crippen molar-refractivity contribution in [1.82, 2.24) is 14.8 Å². The minimum Gasteiger partial charge on any atom is -0.333 e. The second-order valence-electron chi connectivity index (χ2n) is 7.17. The average molecular weight is 373 g/mol. The highest BCUT2D eigenvalue weighted by atomic mass is 32.1. The van der Waals surface area contributed by atoms with Crippen LogP contribution < -0.4 is 0 Å². The first-order chi connectivity index (χ1) is 12.7. The summed E-state index contributed by atoms with van der Waals surface area (Å²) in [6, 6.07) is 6.86. The van der Waals surface area contributed by atoms with Crippen LogP contribution >= 0.6 is 11.3 Å². The quantitative estimate of drug-likeness (QED) is 0.812. The highest BCUT2D eigenvalue weighted by Crippen LogP contribution is 2.28. The molecule has 0 bridgehead atoms. The molecule has 1 amide bonds. The second-order valence-corrected chi connectivity index (χ2v) is 8.03. The zero-order chi connectivity index (χ0) is 17.9. The Hall–Kier alpha value is -1.79. The Kier molecular flexibility index (Phi) is 5.31. The van der Waals surface area contributed by atoms with E-state index in [2.05, 4.69) is 9.88 Å². The van der Waals surface area contributed by atoms with Gasteiger partial charge in [-0.3, -0.25) is 4.79 Å². The number of likely N-dealkylation sites (tertiary alicyclic amines) is 2. The van der Waals surface area contributed by atoms with Crippen molar-refractivity contribution in [1.29, 1.82) is 0 Å². The van der Waals surface area contributed by atoms with Crippen LogP contribution in [0.25, 0.3) is 10.6 Å². The highest BCUT2D eigenvalue weighted by Gasteiger charge is 2.32. The minimum absolute atomic E-state index is 0.0108. The molecule has 1 atom stereocenters. The fourth-order valence-corrected chi connectivity index (χ4v) is 4.83. The van der Waals surface area contributed by atoms with Gasteiger partial charge in [-0.05, 0) is 50.9 Å². The van der Waals surface area contributed by atoms with Gasteiger partial charge in [0, 0.05) is 30.1 Å². The number of carbonyl (C=O) groups excluding carboxylic acids is 1. The Labute approximate surface area is 157 Å². The maximum atomic E-state index is 14.0. The molecule has 1 aromatic carbocycles. The van der Waals surface area contributed by atoms with E-state index in [1.54, 1.807) is 23.6 Å². The second kappa shape index (κ2) is 7.84. The van der Waals surface area contributed by atoms with Crippen molar-refractivity contribution < 1.29 is 9.18 Å². The van der Waals surface area contributed by atoms with Crippen molar-refractivity contribution >= 4 is 17.2 Å². The number of nitrogens with zero attached hydrogens (tertiary/aromatic N) is 3. The van der Waals surface area contributed by atoms with Crippen LogP contribution in [0.3, 0.4) is 0 Å². The Morgan fingerprint density at radius 1 is 1.15 bits per heavy atom. The molecule has 0 aliphatic carbocycles. The lowest BCUT2D eigenvalue weighted by atomic mass is 10.1. The number of piperidine rings is 1. The lowest BCUT2D eigenvalue weighted by Gasteiger charge is -2.32. The third-order valence-electron chi connectivity index (χ3n) is 5.38. The van der Waals surface area contributed by atoms with Gasteiger partial charge in [0.2, 0.25) is 0 Å². The molecule has 6 heteroatoms. The largest absolute Gasteiger partial charge is 0.333 e. The Morgan fingerprint density at radius 2 is 1.96 bits per heavy atom. The molecule has 2 aliphatic heterocycles. The number of halogens is 1. The summed E-state index contributed by atoms with van der Waals surface area (Å²) in [6.07, 6.45) is 5.96. The van der Waals surface area contributed by atoms with Crippen LogP contribution in [0, 0.1) is 5.82 Å². The molecule has 0 N–H and O–H groups in total. The van der Waals surface area contributed by atoms with Gasteiger partial charge < -0.3 is 9.80 Å². The zero-order valence-electron chi connectivity index (χ0n) is 14.9. The Balaban J connectivity index is 1.47. The van der Waals surface area contributed by atoms with Crippen LogP contribution in [0.5, 0.6) is 0 Å². The summed E-state index contributed by atoms with van der Waals surface area (Å²) >= 11 is 1.33. The maximum absolute atomic E-state index is 14.0. The lowest BCUT2D eigenvalue weighted by molar-refractivity contribution is 0.0685. The standard InChI is InChI=1S/C20H24FN3OS/c21-17-9-3-2-8-16(17)19-22-18(14-26-19)20(25)24-12-6-7-15(24)13-23-10-4-1-5-11-23/h2-3,8-9,14-15H,1,4-7,10-13H2. The van der Waals surface area contributed by atoms with Gasteiger partial charge in [-0.2, -0.15) is 0 Å². The molecule has 3 heterocycles. The Bertz CT molecular complexity index is 772. The fraction of sp³-hybridized carbons (Fsp3) is 0.500. The monoisotopic (exact) mass is 373 g/mol. The summed E-state index contributed by atoms with van der Waals surface area (Å²) < 4.78 is 14.0. The van der Waals surface area contributed by atoms with E-state index in [4.69, 9.17) is 0 Å². The first-order valence-electron chi connectivity index (χ1n) is 9.46. The minimum atomic E-state index is -0.301. The molecule has 138 valence electrons. The molecule has 2 aromatic rings. The maximum Gasteiger partial charge on any atom is 0.273 e. The molecule has 4 nitrogen and oxygen atoms in total.